The van der Waals surface area contributed by atoms with Gasteiger partial charge in [0.2, 0.25) is 11.7 Å². The van der Waals surface area contributed by atoms with E-state index in [0.717, 1.165) is 35.2 Å². The number of ether oxygens (including phenoxy) is 2. The zero-order valence-corrected chi connectivity index (χ0v) is 29.6. The Bertz CT molecular complexity index is 1470. The Kier molecular flexibility index (Phi) is 13.1. The van der Waals surface area contributed by atoms with E-state index in [1.54, 1.807) is 12.3 Å². The Morgan fingerprint density at radius 3 is 2.55 bits per heavy atom. The molecule has 7 heteroatoms. The smallest absolute Gasteiger partial charge is 0.308 e. The van der Waals surface area contributed by atoms with Crippen LogP contribution >= 0.6 is 0 Å². The van der Waals surface area contributed by atoms with Gasteiger partial charge in [-0.15, -0.1) is 0 Å². The van der Waals surface area contributed by atoms with Gasteiger partial charge in [0.15, 0.2) is 30.3 Å². The number of nitrogens with zero attached hydrogens (tertiary/aromatic N) is 1. The molecular weight excluding hydrogens is 588 g/mol. The lowest BCUT2D eigenvalue weighted by Gasteiger charge is -2.43. The normalized spacial score (nSPS) is 18.8. The van der Waals surface area contributed by atoms with Gasteiger partial charge < -0.3 is 19.2 Å². The lowest BCUT2D eigenvalue weighted by molar-refractivity contribution is -0.697. The first-order valence-electron chi connectivity index (χ1n) is 17.7. The van der Waals surface area contributed by atoms with Gasteiger partial charge >= 0.3 is 5.97 Å². The number of fused-ring (bicyclic) bond motifs is 1. The van der Waals surface area contributed by atoms with Crippen molar-refractivity contribution in [2.45, 2.75) is 112 Å². The zero-order valence-electron chi connectivity index (χ0n) is 29.6. The molecule has 2 aromatic heterocycles. The van der Waals surface area contributed by atoms with Gasteiger partial charge in [-0.25, -0.2) is 4.57 Å². The molecule has 1 aromatic carbocycles. The molecule has 1 aliphatic rings. The number of aromatic nitrogens is 1. The fourth-order valence-corrected chi connectivity index (χ4v) is 7.49. The number of benzene rings is 1. The van der Waals surface area contributed by atoms with E-state index in [4.69, 9.17) is 13.9 Å². The number of esters is 1. The Balaban J connectivity index is 1.15. The minimum Gasteiger partial charge on any atom is -0.486 e. The van der Waals surface area contributed by atoms with Crippen LogP contribution in [0.15, 0.2) is 53.9 Å². The number of hydrogen-bond acceptors (Lipinski definition) is 5. The molecule has 1 saturated carbocycles. The van der Waals surface area contributed by atoms with Crippen molar-refractivity contribution in [3.8, 4) is 11.5 Å². The number of hydrogen-bond donors (Lipinski definition) is 1. The first-order chi connectivity index (χ1) is 22.5. The van der Waals surface area contributed by atoms with Gasteiger partial charge in [-0.1, -0.05) is 85.8 Å². The summed E-state index contributed by atoms with van der Waals surface area (Å²) in [7, 11) is 0. The molecule has 1 fully saturated rings. The highest BCUT2D eigenvalue weighted by Gasteiger charge is 2.36. The molecular formula is C40H57N2O5+. The Labute approximate surface area is 282 Å². The maximum Gasteiger partial charge on any atom is 0.308 e. The molecule has 47 heavy (non-hydrogen) atoms. The number of pyridine rings is 1. The van der Waals surface area contributed by atoms with E-state index < -0.39 is 5.97 Å². The highest BCUT2D eigenvalue weighted by Crippen LogP contribution is 2.46. The van der Waals surface area contributed by atoms with Crippen LogP contribution < -0.4 is 19.4 Å². The average molecular weight is 646 g/mol. The predicted octanol–water partition coefficient (Wildman–Crippen LogP) is 9.77. The lowest BCUT2D eigenvalue weighted by Crippen LogP contribution is -2.33. The van der Waals surface area contributed by atoms with E-state index in [-0.39, 0.29) is 5.91 Å². The van der Waals surface area contributed by atoms with E-state index in [9.17, 15) is 9.59 Å². The van der Waals surface area contributed by atoms with Gasteiger partial charge in [-0.2, -0.15) is 0 Å². The van der Waals surface area contributed by atoms with Crippen molar-refractivity contribution in [2.75, 3.05) is 11.9 Å². The summed E-state index contributed by atoms with van der Waals surface area (Å²) in [5.74, 6) is 3.16. The molecule has 2 heterocycles. The van der Waals surface area contributed by atoms with Gasteiger partial charge in [0.25, 0.3) is 0 Å². The fraction of sp³-hybridized carbons (Fsp3) is 0.575. The van der Waals surface area contributed by atoms with Gasteiger partial charge in [0.05, 0.1) is 18.6 Å². The molecule has 1 N–H and O–H groups in total. The quantitative estimate of drug-likeness (QED) is 0.0684. The van der Waals surface area contributed by atoms with Gasteiger partial charge in [-0.3, -0.25) is 9.59 Å². The number of furan rings is 1. The second-order valence-electron chi connectivity index (χ2n) is 14.7. The van der Waals surface area contributed by atoms with Gasteiger partial charge in [0.1, 0.15) is 0 Å². The van der Waals surface area contributed by atoms with E-state index in [1.807, 2.05) is 41.2 Å². The molecule has 0 saturated heterocycles. The van der Waals surface area contributed by atoms with Crippen LogP contribution in [0.3, 0.4) is 0 Å². The molecule has 4 unspecified atom stereocenters. The molecule has 4 atom stereocenters. The summed E-state index contributed by atoms with van der Waals surface area (Å²) in [4.78, 5) is 24.5. The first kappa shape index (κ1) is 36.2. The summed E-state index contributed by atoms with van der Waals surface area (Å²) in [6.45, 7) is 18.3. The van der Waals surface area contributed by atoms with Crippen molar-refractivity contribution in [1.29, 1.82) is 0 Å². The van der Waals surface area contributed by atoms with Gasteiger partial charge in [-0.05, 0) is 54.1 Å². The summed E-state index contributed by atoms with van der Waals surface area (Å²) < 4.78 is 19.2. The van der Waals surface area contributed by atoms with Crippen LogP contribution in [0, 0.1) is 29.1 Å². The number of aryl methyl sites for hydroxylation is 1. The standard InChI is InChI=1S/C40H56N2O5/c1-8-32-27-33-19-25-46-37(33)39(38(32)47-31(5)43)45-24-11-21-42-22-17-34(18-23-42)41-36(44)26-29(3)13-9-12-28(2)15-16-35-30(4)14-10-20-40(35,6)7/h8,17-19,22-23,25,27-30,35H,1,9-16,20-21,24,26H2,2-7H3/p+1. The van der Waals surface area contributed by atoms with E-state index in [2.05, 4.69) is 46.5 Å². The predicted molar refractivity (Wildman–Crippen MR) is 189 cm³/mol. The van der Waals surface area contributed by atoms with E-state index in [0.29, 0.717) is 60.0 Å². The Hall–Kier alpha value is -3.61. The summed E-state index contributed by atoms with van der Waals surface area (Å²) in [5, 5.41) is 3.91. The topological polar surface area (TPSA) is 81.7 Å². The molecule has 0 spiro atoms. The number of rotatable bonds is 17. The molecule has 0 bridgehead atoms. The molecule has 7 nitrogen and oxygen atoms in total. The van der Waals surface area contributed by atoms with Crippen molar-refractivity contribution in [3.63, 3.8) is 0 Å². The van der Waals surface area contributed by atoms with Crippen molar-refractivity contribution in [1.82, 2.24) is 0 Å². The molecule has 3 aromatic rings. The molecule has 1 aliphatic carbocycles. The lowest BCUT2D eigenvalue weighted by atomic mass is 9.62. The van der Waals surface area contributed by atoms with Crippen LogP contribution in [-0.4, -0.2) is 18.5 Å². The molecule has 4 rings (SSSR count). The SMILES string of the molecule is C=Cc1cc2ccoc2c(OCCC[n+]2ccc(NC(=O)CC(C)CCCC(C)CCC3C(C)CCCC3(C)C)cc2)c1OC(C)=O. The molecule has 256 valence electrons. The number of anilines is 1. The number of carbonyl (C=O) groups excluding carboxylic acids is 2. The molecule has 0 aliphatic heterocycles. The Morgan fingerprint density at radius 1 is 1.11 bits per heavy atom. The fourth-order valence-electron chi connectivity index (χ4n) is 7.49. The van der Waals surface area contributed by atoms with Crippen LogP contribution in [-0.2, 0) is 16.1 Å². The van der Waals surface area contributed by atoms with Crippen molar-refractivity contribution >= 4 is 34.6 Å². The van der Waals surface area contributed by atoms with E-state index >= 15 is 0 Å². The van der Waals surface area contributed by atoms with Crippen LogP contribution in [0.2, 0.25) is 0 Å². The highest BCUT2D eigenvalue weighted by atomic mass is 16.6. The van der Waals surface area contributed by atoms with Crippen LogP contribution in [0.1, 0.15) is 111 Å². The third kappa shape index (κ3) is 10.4. The van der Waals surface area contributed by atoms with Crippen molar-refractivity contribution in [3.05, 3.63) is 55.1 Å². The minimum atomic E-state index is -0.440. The Morgan fingerprint density at radius 2 is 1.85 bits per heavy atom. The summed E-state index contributed by atoms with van der Waals surface area (Å²) in [6, 6.07) is 7.55. The van der Waals surface area contributed by atoms with Crippen LogP contribution in [0.4, 0.5) is 5.69 Å². The van der Waals surface area contributed by atoms with Crippen molar-refractivity contribution in [2.24, 2.45) is 29.1 Å². The zero-order chi connectivity index (χ0) is 34.0. The largest absolute Gasteiger partial charge is 0.486 e. The number of carbonyl (C=O) groups is 2. The maximum atomic E-state index is 12.8. The second kappa shape index (κ2) is 17.0. The first-order valence-corrected chi connectivity index (χ1v) is 17.7. The average Bonchev–Trinajstić information content (AvgIpc) is 3.48. The summed E-state index contributed by atoms with van der Waals surface area (Å²) in [6.07, 6.45) is 18.8. The summed E-state index contributed by atoms with van der Waals surface area (Å²) in [5.41, 5.74) is 2.49. The van der Waals surface area contributed by atoms with Crippen molar-refractivity contribution < 1.29 is 28.0 Å². The number of nitrogens with one attached hydrogen (secondary N) is 1. The maximum absolute atomic E-state index is 12.8. The van der Waals surface area contributed by atoms with Crippen LogP contribution in [0.5, 0.6) is 11.5 Å². The highest BCUT2D eigenvalue weighted by molar-refractivity contribution is 5.91. The molecule has 1 amide bonds. The monoisotopic (exact) mass is 645 g/mol. The molecule has 0 radical (unpaired) electrons. The van der Waals surface area contributed by atoms with Crippen LogP contribution in [0.25, 0.3) is 17.0 Å². The minimum absolute atomic E-state index is 0.0693. The third-order valence-electron chi connectivity index (χ3n) is 10.2. The summed E-state index contributed by atoms with van der Waals surface area (Å²) >= 11 is 0. The number of amides is 1. The van der Waals surface area contributed by atoms with E-state index in [1.165, 1.54) is 51.9 Å². The third-order valence-corrected chi connectivity index (χ3v) is 10.2. The van der Waals surface area contributed by atoms with Gasteiger partial charge in [0, 0.05) is 42.8 Å². The second-order valence-corrected chi connectivity index (χ2v) is 14.7.